The number of halogens is 5. The van der Waals surface area contributed by atoms with Crippen molar-refractivity contribution < 1.29 is 42.1 Å². The second-order valence-corrected chi connectivity index (χ2v) is 10.1. The maximum absolute atomic E-state index is 13.4. The average molecular weight is 628 g/mol. The number of carbonyl (C=O) groups is 2. The number of nitrogens with zero attached hydrogens (tertiary/aromatic N) is 1. The summed E-state index contributed by atoms with van der Waals surface area (Å²) >= 11 is 12.1. The number of para-hydroxylation sites is 1. The van der Waals surface area contributed by atoms with E-state index in [0.717, 1.165) is 23.3 Å². The molecule has 1 unspecified atom stereocenters. The summed E-state index contributed by atoms with van der Waals surface area (Å²) in [6, 6.07) is 16.3. The SMILES string of the molecule is CCOC(Cc1ccc(OCCN(CCCc2cc(Cl)cc(Cl)c2)C(=O)Oc2ccccc2C(F)(F)F)cc1)C(=O)O. The van der Waals surface area contributed by atoms with Gasteiger partial charge in [-0.05, 0) is 73.4 Å². The number of rotatable bonds is 14. The van der Waals surface area contributed by atoms with Crippen LogP contribution in [0.25, 0.3) is 0 Å². The van der Waals surface area contributed by atoms with Crippen LogP contribution in [0.15, 0.2) is 66.7 Å². The molecule has 0 heterocycles. The quantitative estimate of drug-likeness (QED) is 0.198. The molecule has 1 atom stereocenters. The molecule has 0 saturated heterocycles. The van der Waals surface area contributed by atoms with Crippen LogP contribution in [0.5, 0.6) is 11.5 Å². The van der Waals surface area contributed by atoms with Gasteiger partial charge in [-0.25, -0.2) is 9.59 Å². The Bertz CT molecular complexity index is 1320. The third kappa shape index (κ3) is 10.4. The molecule has 0 saturated carbocycles. The van der Waals surface area contributed by atoms with Crippen LogP contribution in [-0.2, 0) is 28.5 Å². The van der Waals surface area contributed by atoms with E-state index < -0.39 is 35.7 Å². The van der Waals surface area contributed by atoms with Crippen molar-refractivity contribution in [1.82, 2.24) is 4.90 Å². The zero-order valence-electron chi connectivity index (χ0n) is 22.7. The van der Waals surface area contributed by atoms with E-state index in [0.29, 0.717) is 28.6 Å². The Kier molecular flexibility index (Phi) is 12.3. The fourth-order valence-electron chi connectivity index (χ4n) is 4.10. The second kappa shape index (κ2) is 15.7. The van der Waals surface area contributed by atoms with Crippen LogP contribution in [0, 0.1) is 0 Å². The summed E-state index contributed by atoms with van der Waals surface area (Å²) in [6.07, 6.45) is -5.48. The maximum atomic E-state index is 13.4. The molecular formula is C30H30Cl2F3NO6. The van der Waals surface area contributed by atoms with Gasteiger partial charge in [-0.3, -0.25) is 0 Å². The van der Waals surface area contributed by atoms with Crippen LogP contribution in [0.1, 0.15) is 30.0 Å². The van der Waals surface area contributed by atoms with Gasteiger partial charge in [0.2, 0.25) is 0 Å². The minimum Gasteiger partial charge on any atom is -0.492 e. The summed E-state index contributed by atoms with van der Waals surface area (Å²) < 4.78 is 56.5. The topological polar surface area (TPSA) is 85.3 Å². The van der Waals surface area contributed by atoms with Crippen molar-refractivity contribution in [1.29, 1.82) is 0 Å². The summed E-state index contributed by atoms with van der Waals surface area (Å²) in [4.78, 5) is 25.6. The molecule has 0 spiro atoms. The Balaban J connectivity index is 1.65. The Labute approximate surface area is 251 Å². The highest BCUT2D eigenvalue weighted by Gasteiger charge is 2.35. The largest absolute Gasteiger partial charge is 0.492 e. The molecule has 1 N–H and O–H groups in total. The lowest BCUT2D eigenvalue weighted by molar-refractivity contribution is -0.150. The first kappa shape index (κ1) is 33.0. The van der Waals surface area contributed by atoms with Crippen LogP contribution in [0.3, 0.4) is 0 Å². The van der Waals surface area contributed by atoms with Gasteiger partial charge in [0.05, 0.1) is 12.1 Å². The van der Waals surface area contributed by atoms with Gasteiger partial charge in [0.25, 0.3) is 0 Å². The molecule has 3 rings (SSSR count). The maximum Gasteiger partial charge on any atom is 0.419 e. The van der Waals surface area contributed by atoms with Crippen molar-refractivity contribution in [2.24, 2.45) is 0 Å². The van der Waals surface area contributed by atoms with Gasteiger partial charge in [0, 0.05) is 29.6 Å². The lowest BCUT2D eigenvalue weighted by Gasteiger charge is -2.23. The fourth-order valence-corrected chi connectivity index (χ4v) is 4.67. The minimum atomic E-state index is -4.70. The Morgan fingerprint density at radius 3 is 2.24 bits per heavy atom. The van der Waals surface area contributed by atoms with Gasteiger partial charge in [-0.1, -0.05) is 47.5 Å². The highest BCUT2D eigenvalue weighted by atomic mass is 35.5. The van der Waals surface area contributed by atoms with E-state index in [4.69, 9.17) is 37.4 Å². The molecule has 226 valence electrons. The molecule has 0 radical (unpaired) electrons. The Morgan fingerprint density at radius 2 is 1.62 bits per heavy atom. The highest BCUT2D eigenvalue weighted by Crippen LogP contribution is 2.36. The number of ether oxygens (including phenoxy) is 3. The van der Waals surface area contributed by atoms with Crippen molar-refractivity contribution in [2.45, 2.75) is 38.5 Å². The van der Waals surface area contributed by atoms with Crippen molar-refractivity contribution in [3.63, 3.8) is 0 Å². The molecule has 0 fully saturated rings. The molecule has 3 aromatic rings. The van der Waals surface area contributed by atoms with E-state index in [1.54, 1.807) is 49.4 Å². The first-order valence-corrected chi connectivity index (χ1v) is 13.9. The van der Waals surface area contributed by atoms with Gasteiger partial charge in [0.15, 0.2) is 6.10 Å². The molecule has 42 heavy (non-hydrogen) atoms. The summed E-state index contributed by atoms with van der Waals surface area (Å²) in [7, 11) is 0. The van der Waals surface area contributed by atoms with E-state index in [2.05, 4.69) is 0 Å². The third-order valence-corrected chi connectivity index (χ3v) is 6.52. The van der Waals surface area contributed by atoms with Gasteiger partial charge < -0.3 is 24.2 Å². The highest BCUT2D eigenvalue weighted by molar-refractivity contribution is 6.34. The molecule has 12 heteroatoms. The summed E-state index contributed by atoms with van der Waals surface area (Å²) in [5.41, 5.74) is 0.518. The standard InChI is InChI=1S/C30H30Cl2F3NO6/c1-2-40-27(28(37)38)18-20-9-11-24(12-10-20)41-15-14-36(13-5-6-21-16-22(31)19-23(32)17-21)29(39)42-26-8-4-3-7-25(26)30(33,34)35/h3-4,7-12,16-17,19,27H,2,5-6,13-15,18H2,1H3,(H,37,38). The van der Waals surface area contributed by atoms with Crippen LogP contribution < -0.4 is 9.47 Å². The number of aliphatic carboxylic acids is 1. The summed E-state index contributed by atoms with van der Waals surface area (Å²) in [5, 5.41) is 10.2. The van der Waals surface area contributed by atoms with Gasteiger partial charge in [-0.2, -0.15) is 13.2 Å². The van der Waals surface area contributed by atoms with Crippen LogP contribution >= 0.6 is 23.2 Å². The van der Waals surface area contributed by atoms with E-state index >= 15 is 0 Å². The number of benzene rings is 3. The fraction of sp³-hybridized carbons (Fsp3) is 0.333. The molecule has 0 aliphatic carbocycles. The van der Waals surface area contributed by atoms with Gasteiger partial charge in [-0.15, -0.1) is 0 Å². The second-order valence-electron chi connectivity index (χ2n) is 9.21. The molecule has 0 aliphatic rings. The number of hydrogen-bond donors (Lipinski definition) is 1. The summed E-state index contributed by atoms with van der Waals surface area (Å²) in [5.74, 6) is -1.18. The molecule has 1 amide bonds. The lowest BCUT2D eigenvalue weighted by Crippen LogP contribution is -2.38. The number of aryl methyl sites for hydroxylation is 1. The number of carboxylic acid groups (broad SMARTS) is 1. The Morgan fingerprint density at radius 1 is 0.952 bits per heavy atom. The summed E-state index contributed by atoms with van der Waals surface area (Å²) in [6.45, 7) is 2.19. The number of carbonyl (C=O) groups excluding carboxylic acids is 1. The number of amides is 1. The van der Waals surface area contributed by atoms with Crippen LogP contribution in [0.4, 0.5) is 18.0 Å². The van der Waals surface area contributed by atoms with Crippen molar-refractivity contribution >= 4 is 35.3 Å². The number of carboxylic acids is 1. The van der Waals surface area contributed by atoms with Gasteiger partial charge in [0.1, 0.15) is 18.1 Å². The number of alkyl halides is 3. The van der Waals surface area contributed by atoms with Crippen LogP contribution in [-0.4, -0.2) is 54.5 Å². The zero-order valence-corrected chi connectivity index (χ0v) is 24.2. The normalized spacial score (nSPS) is 12.0. The first-order valence-electron chi connectivity index (χ1n) is 13.1. The third-order valence-electron chi connectivity index (χ3n) is 6.08. The van der Waals surface area contributed by atoms with E-state index in [1.807, 2.05) is 0 Å². The van der Waals surface area contributed by atoms with Crippen molar-refractivity contribution in [3.05, 3.63) is 93.5 Å². The van der Waals surface area contributed by atoms with E-state index in [9.17, 15) is 27.9 Å². The number of hydrogen-bond acceptors (Lipinski definition) is 5. The first-order chi connectivity index (χ1) is 20.0. The molecule has 3 aromatic carbocycles. The lowest BCUT2D eigenvalue weighted by atomic mass is 10.1. The molecule has 0 aliphatic heterocycles. The average Bonchev–Trinajstić information content (AvgIpc) is 2.92. The van der Waals surface area contributed by atoms with Crippen molar-refractivity contribution in [3.8, 4) is 11.5 Å². The molecule has 0 aromatic heterocycles. The molecule has 7 nitrogen and oxygen atoms in total. The van der Waals surface area contributed by atoms with E-state index in [-0.39, 0.29) is 32.7 Å². The monoisotopic (exact) mass is 627 g/mol. The molecular weight excluding hydrogens is 598 g/mol. The smallest absolute Gasteiger partial charge is 0.419 e. The Hall–Kier alpha value is -3.47. The van der Waals surface area contributed by atoms with E-state index in [1.165, 1.54) is 17.0 Å². The predicted octanol–water partition coefficient (Wildman–Crippen LogP) is 7.56. The van der Waals surface area contributed by atoms with Crippen LogP contribution in [0.2, 0.25) is 10.0 Å². The van der Waals surface area contributed by atoms with Crippen molar-refractivity contribution in [2.75, 3.05) is 26.3 Å². The predicted molar refractivity (Wildman–Crippen MR) is 153 cm³/mol. The molecule has 0 bridgehead atoms. The zero-order chi connectivity index (χ0) is 30.7. The van der Waals surface area contributed by atoms with Gasteiger partial charge >= 0.3 is 18.2 Å². The minimum absolute atomic E-state index is 0.0229.